The Labute approximate surface area is 184 Å². The molecule has 0 atom stereocenters. The van der Waals surface area contributed by atoms with E-state index < -0.39 is 0 Å². The highest BCUT2D eigenvalue weighted by atomic mass is 32.2. The number of ether oxygens (including phenoxy) is 1. The first-order valence-electron chi connectivity index (χ1n) is 9.66. The number of benzene rings is 2. The number of carbonyl (C=O) groups is 1. The van der Waals surface area contributed by atoms with E-state index in [0.717, 1.165) is 27.2 Å². The number of fused-ring (bicyclic) bond motifs is 1. The molecule has 0 saturated carbocycles. The topological polar surface area (TPSA) is 45.7 Å². The maximum Gasteiger partial charge on any atom is 0.229 e. The highest BCUT2D eigenvalue weighted by molar-refractivity contribution is 7.99. The second-order valence-corrected chi connectivity index (χ2v) is 9.31. The second-order valence-electron chi connectivity index (χ2n) is 7.16. The van der Waals surface area contributed by atoms with Crippen molar-refractivity contribution in [1.82, 2.24) is 9.88 Å². The summed E-state index contributed by atoms with van der Waals surface area (Å²) in [5.41, 5.74) is 1.90. The summed E-state index contributed by atoms with van der Waals surface area (Å²) in [5, 5.41) is 0.691. The molecule has 160 valence electrons. The molecule has 3 aromatic rings. The molecule has 0 aliphatic carbocycles. The van der Waals surface area contributed by atoms with Crippen LogP contribution in [0.5, 0.6) is 5.75 Å². The summed E-state index contributed by atoms with van der Waals surface area (Å²) in [7, 11) is 5.60. The number of thiazole rings is 1. The van der Waals surface area contributed by atoms with Crippen LogP contribution in [0.3, 0.4) is 0 Å². The number of hydrogen-bond donors (Lipinski definition) is 0. The highest BCUT2D eigenvalue weighted by Crippen LogP contribution is 2.36. The Balaban J connectivity index is 1.78. The Kier molecular flexibility index (Phi) is 7.69. The van der Waals surface area contributed by atoms with Crippen molar-refractivity contribution in [2.24, 2.45) is 0 Å². The van der Waals surface area contributed by atoms with E-state index >= 15 is 0 Å². The Hall–Kier alpha value is -2.16. The van der Waals surface area contributed by atoms with Gasteiger partial charge >= 0.3 is 0 Å². The Morgan fingerprint density at radius 3 is 2.57 bits per heavy atom. The third kappa shape index (κ3) is 5.50. The summed E-state index contributed by atoms with van der Waals surface area (Å²) in [4.78, 5) is 22.6. The van der Waals surface area contributed by atoms with Crippen LogP contribution in [0.1, 0.15) is 12.0 Å². The fourth-order valence-corrected chi connectivity index (χ4v) is 4.86. The minimum atomic E-state index is -0.258. The average molecular weight is 448 g/mol. The number of methoxy groups -OCH3 is 1. The van der Waals surface area contributed by atoms with Crippen molar-refractivity contribution in [3.05, 3.63) is 47.8 Å². The number of halogens is 1. The van der Waals surface area contributed by atoms with Gasteiger partial charge in [-0.15, -0.1) is 11.8 Å². The molecule has 0 aliphatic rings. The molecule has 0 spiro atoms. The van der Waals surface area contributed by atoms with E-state index in [0.29, 0.717) is 29.6 Å². The van der Waals surface area contributed by atoms with Crippen LogP contribution >= 0.6 is 23.1 Å². The zero-order valence-corrected chi connectivity index (χ0v) is 19.3. The molecule has 3 rings (SSSR count). The molecule has 0 saturated heterocycles. The third-order valence-electron chi connectivity index (χ3n) is 4.61. The lowest BCUT2D eigenvalue weighted by molar-refractivity contribution is -0.118. The predicted octanol–water partition coefficient (Wildman–Crippen LogP) is 4.83. The van der Waals surface area contributed by atoms with Crippen LogP contribution in [-0.4, -0.2) is 55.8 Å². The van der Waals surface area contributed by atoms with Gasteiger partial charge in [0.15, 0.2) is 5.13 Å². The summed E-state index contributed by atoms with van der Waals surface area (Å²) < 4.78 is 19.6. The van der Waals surface area contributed by atoms with Crippen LogP contribution in [0.4, 0.5) is 9.52 Å². The first-order chi connectivity index (χ1) is 14.4. The van der Waals surface area contributed by atoms with Crippen LogP contribution in [0.15, 0.2) is 41.3 Å². The van der Waals surface area contributed by atoms with Crippen molar-refractivity contribution >= 4 is 44.4 Å². The average Bonchev–Trinajstić information content (AvgIpc) is 3.16. The lowest BCUT2D eigenvalue weighted by atomic mass is 10.2. The van der Waals surface area contributed by atoms with Gasteiger partial charge in [-0.25, -0.2) is 9.37 Å². The van der Waals surface area contributed by atoms with Gasteiger partial charge < -0.3 is 9.64 Å². The van der Waals surface area contributed by atoms with Gasteiger partial charge in [-0.05, 0) is 56.9 Å². The standard InChI is InChI=1S/C22H26FN3O2S2/c1-15-5-10-18(28-4)20-21(15)30-22(24-20)26(13-12-25(2)3)19(27)11-14-29-17-8-6-16(23)7-9-17/h5-10H,11-14H2,1-4H3. The number of amides is 1. The van der Waals surface area contributed by atoms with E-state index in [1.54, 1.807) is 35.9 Å². The molecule has 2 aromatic carbocycles. The summed E-state index contributed by atoms with van der Waals surface area (Å²) >= 11 is 3.07. The van der Waals surface area contributed by atoms with Crippen LogP contribution in [-0.2, 0) is 4.79 Å². The molecular weight excluding hydrogens is 421 g/mol. The number of aryl methyl sites for hydroxylation is 1. The molecule has 0 radical (unpaired) electrons. The Morgan fingerprint density at radius 2 is 1.90 bits per heavy atom. The SMILES string of the molecule is COc1ccc(C)c2sc(N(CCN(C)C)C(=O)CCSc3ccc(F)cc3)nc12. The summed E-state index contributed by atoms with van der Waals surface area (Å²) in [6.07, 6.45) is 0.377. The number of thioether (sulfide) groups is 1. The number of rotatable bonds is 9. The number of nitrogens with zero attached hydrogens (tertiary/aromatic N) is 3. The zero-order valence-electron chi connectivity index (χ0n) is 17.6. The molecule has 1 aromatic heterocycles. The lowest BCUT2D eigenvalue weighted by Gasteiger charge is -2.22. The molecule has 1 amide bonds. The molecule has 0 N–H and O–H groups in total. The van der Waals surface area contributed by atoms with Gasteiger partial charge in [0.2, 0.25) is 5.91 Å². The number of hydrogen-bond acceptors (Lipinski definition) is 6. The van der Waals surface area contributed by atoms with Gasteiger partial charge in [-0.1, -0.05) is 17.4 Å². The van der Waals surface area contributed by atoms with Crippen molar-refractivity contribution in [3.8, 4) is 5.75 Å². The third-order valence-corrected chi connectivity index (χ3v) is 6.84. The van der Waals surface area contributed by atoms with Crippen LogP contribution in [0.25, 0.3) is 10.2 Å². The first-order valence-corrected chi connectivity index (χ1v) is 11.5. The van der Waals surface area contributed by atoms with Gasteiger partial charge in [0.25, 0.3) is 0 Å². The maximum absolute atomic E-state index is 13.1. The van der Waals surface area contributed by atoms with E-state index in [1.807, 2.05) is 38.1 Å². The highest BCUT2D eigenvalue weighted by Gasteiger charge is 2.21. The predicted molar refractivity (Wildman–Crippen MR) is 124 cm³/mol. The number of aromatic nitrogens is 1. The van der Waals surface area contributed by atoms with E-state index in [2.05, 4.69) is 0 Å². The number of carbonyl (C=O) groups excluding carboxylic acids is 1. The van der Waals surface area contributed by atoms with E-state index in [4.69, 9.17) is 9.72 Å². The largest absolute Gasteiger partial charge is 0.494 e. The van der Waals surface area contributed by atoms with Gasteiger partial charge in [0, 0.05) is 30.2 Å². The summed E-state index contributed by atoms with van der Waals surface area (Å²) in [6.45, 7) is 3.34. The fourth-order valence-electron chi connectivity index (χ4n) is 2.93. The second kappa shape index (κ2) is 10.2. The summed E-state index contributed by atoms with van der Waals surface area (Å²) in [6, 6.07) is 10.3. The van der Waals surface area contributed by atoms with E-state index in [1.165, 1.54) is 23.5 Å². The minimum Gasteiger partial charge on any atom is -0.494 e. The quantitative estimate of drug-likeness (QED) is 0.440. The van der Waals surface area contributed by atoms with Crippen molar-refractivity contribution in [2.45, 2.75) is 18.2 Å². The normalized spacial score (nSPS) is 11.3. The molecule has 0 unspecified atom stereocenters. The molecule has 1 heterocycles. The van der Waals surface area contributed by atoms with Crippen molar-refractivity contribution in [1.29, 1.82) is 0 Å². The molecule has 5 nitrogen and oxygen atoms in total. The molecule has 30 heavy (non-hydrogen) atoms. The Bertz CT molecular complexity index is 1010. The van der Waals surface area contributed by atoms with Gasteiger partial charge in [-0.2, -0.15) is 0 Å². The Morgan fingerprint density at radius 1 is 1.17 bits per heavy atom. The zero-order chi connectivity index (χ0) is 21.7. The molecule has 0 aliphatic heterocycles. The van der Waals surface area contributed by atoms with Crippen molar-refractivity contribution < 1.29 is 13.9 Å². The fraction of sp³-hybridized carbons (Fsp3) is 0.364. The van der Waals surface area contributed by atoms with Crippen molar-refractivity contribution in [3.63, 3.8) is 0 Å². The number of likely N-dealkylation sites (N-methyl/N-ethyl adjacent to an activating group) is 1. The monoisotopic (exact) mass is 447 g/mol. The molecular formula is C22H26FN3O2S2. The van der Waals surface area contributed by atoms with Crippen LogP contribution < -0.4 is 9.64 Å². The number of anilines is 1. The maximum atomic E-state index is 13.1. The van der Waals surface area contributed by atoms with E-state index in [9.17, 15) is 9.18 Å². The van der Waals surface area contributed by atoms with Gasteiger partial charge in [0.1, 0.15) is 17.1 Å². The minimum absolute atomic E-state index is 0.0298. The summed E-state index contributed by atoms with van der Waals surface area (Å²) in [5.74, 6) is 1.11. The molecule has 0 fully saturated rings. The molecule has 0 bridgehead atoms. The van der Waals surface area contributed by atoms with Gasteiger partial charge in [0.05, 0.1) is 11.8 Å². The lowest BCUT2D eigenvalue weighted by Crippen LogP contribution is -2.36. The van der Waals surface area contributed by atoms with Crippen LogP contribution in [0.2, 0.25) is 0 Å². The first kappa shape index (κ1) is 22.5. The molecule has 8 heteroatoms. The van der Waals surface area contributed by atoms with Crippen molar-refractivity contribution in [2.75, 3.05) is 44.9 Å². The smallest absolute Gasteiger partial charge is 0.229 e. The van der Waals surface area contributed by atoms with E-state index in [-0.39, 0.29) is 11.7 Å². The van der Waals surface area contributed by atoms with Crippen LogP contribution in [0, 0.1) is 12.7 Å². The van der Waals surface area contributed by atoms with Gasteiger partial charge in [-0.3, -0.25) is 9.69 Å².